The van der Waals surface area contributed by atoms with Gasteiger partial charge in [-0.3, -0.25) is 4.98 Å². The molecule has 4 nitrogen and oxygen atoms in total. The quantitative estimate of drug-likeness (QED) is 0.810. The molecule has 1 aromatic heterocycles. The standard InChI is InChI=1S/C14H24N4S/c1-3-5-15-8-12-9-16-10-14(17-12)18-6-7-19-13(4-2)11-18/h9-10,13,15H,3-8,11H2,1-2H3. The zero-order valence-corrected chi connectivity index (χ0v) is 12.7. The van der Waals surface area contributed by atoms with Crippen LogP contribution in [0.2, 0.25) is 0 Å². The molecular weight excluding hydrogens is 256 g/mol. The largest absolute Gasteiger partial charge is 0.353 e. The highest BCUT2D eigenvalue weighted by Gasteiger charge is 2.20. The molecule has 1 atom stereocenters. The molecule has 0 aromatic carbocycles. The molecular formula is C14H24N4S. The van der Waals surface area contributed by atoms with Crippen molar-refractivity contribution in [3.8, 4) is 0 Å². The number of nitrogens with zero attached hydrogens (tertiary/aromatic N) is 3. The number of anilines is 1. The maximum Gasteiger partial charge on any atom is 0.147 e. The van der Waals surface area contributed by atoms with Crippen molar-refractivity contribution in [3.63, 3.8) is 0 Å². The average Bonchev–Trinajstić information content (AvgIpc) is 2.48. The maximum atomic E-state index is 4.73. The van der Waals surface area contributed by atoms with Crippen molar-refractivity contribution in [2.24, 2.45) is 0 Å². The molecule has 0 radical (unpaired) electrons. The minimum atomic E-state index is 0.734. The summed E-state index contributed by atoms with van der Waals surface area (Å²) in [5.41, 5.74) is 1.04. The fourth-order valence-electron chi connectivity index (χ4n) is 2.20. The van der Waals surface area contributed by atoms with E-state index in [0.29, 0.717) is 0 Å². The summed E-state index contributed by atoms with van der Waals surface area (Å²) >= 11 is 2.08. The second-order valence-corrected chi connectivity index (χ2v) is 6.30. The summed E-state index contributed by atoms with van der Waals surface area (Å²) in [5, 5.41) is 4.11. The SMILES string of the molecule is CCCNCc1cncc(N2CCSC(CC)C2)n1. The molecule has 1 fully saturated rings. The second-order valence-electron chi connectivity index (χ2n) is 4.89. The maximum absolute atomic E-state index is 4.73. The molecule has 1 saturated heterocycles. The monoisotopic (exact) mass is 280 g/mol. The molecule has 1 unspecified atom stereocenters. The Morgan fingerprint density at radius 3 is 3.11 bits per heavy atom. The minimum Gasteiger partial charge on any atom is -0.353 e. The van der Waals surface area contributed by atoms with Crippen LogP contribution in [0.3, 0.4) is 0 Å². The summed E-state index contributed by atoms with van der Waals surface area (Å²) in [6, 6.07) is 0. The second kappa shape index (κ2) is 7.70. The van der Waals surface area contributed by atoms with Crippen molar-refractivity contribution in [1.29, 1.82) is 0 Å². The van der Waals surface area contributed by atoms with Gasteiger partial charge in [0.15, 0.2) is 0 Å². The van der Waals surface area contributed by atoms with E-state index >= 15 is 0 Å². The highest BCUT2D eigenvalue weighted by Crippen LogP contribution is 2.24. The van der Waals surface area contributed by atoms with Gasteiger partial charge in [-0.1, -0.05) is 13.8 Å². The molecule has 5 heteroatoms. The topological polar surface area (TPSA) is 41.1 Å². The van der Waals surface area contributed by atoms with Gasteiger partial charge in [0, 0.05) is 36.8 Å². The molecule has 2 heterocycles. The zero-order chi connectivity index (χ0) is 13.5. The van der Waals surface area contributed by atoms with E-state index in [1.807, 2.05) is 12.4 Å². The molecule has 0 spiro atoms. The molecule has 1 aliphatic heterocycles. The number of hydrogen-bond acceptors (Lipinski definition) is 5. The van der Waals surface area contributed by atoms with Crippen LogP contribution in [0, 0.1) is 0 Å². The molecule has 2 rings (SSSR count). The van der Waals surface area contributed by atoms with Crippen LogP contribution in [0.15, 0.2) is 12.4 Å². The molecule has 0 aliphatic carbocycles. The van der Waals surface area contributed by atoms with Gasteiger partial charge in [0.25, 0.3) is 0 Å². The van der Waals surface area contributed by atoms with Crippen LogP contribution < -0.4 is 10.2 Å². The van der Waals surface area contributed by atoms with Crippen molar-refractivity contribution in [3.05, 3.63) is 18.1 Å². The van der Waals surface area contributed by atoms with Crippen LogP contribution in [-0.4, -0.2) is 40.6 Å². The lowest BCUT2D eigenvalue weighted by atomic mass is 10.3. The number of rotatable bonds is 6. The van der Waals surface area contributed by atoms with Gasteiger partial charge in [-0.05, 0) is 19.4 Å². The Bertz CT molecular complexity index is 385. The Balaban J connectivity index is 1.97. The molecule has 19 heavy (non-hydrogen) atoms. The van der Waals surface area contributed by atoms with Gasteiger partial charge in [-0.25, -0.2) is 4.98 Å². The van der Waals surface area contributed by atoms with E-state index in [9.17, 15) is 0 Å². The number of aromatic nitrogens is 2. The van der Waals surface area contributed by atoms with E-state index < -0.39 is 0 Å². The van der Waals surface area contributed by atoms with E-state index in [2.05, 4.69) is 40.8 Å². The first-order chi connectivity index (χ1) is 9.33. The minimum absolute atomic E-state index is 0.734. The summed E-state index contributed by atoms with van der Waals surface area (Å²) in [6.07, 6.45) is 6.13. The highest BCUT2D eigenvalue weighted by atomic mass is 32.2. The van der Waals surface area contributed by atoms with E-state index in [1.165, 1.54) is 12.2 Å². The highest BCUT2D eigenvalue weighted by molar-refractivity contribution is 8.00. The van der Waals surface area contributed by atoms with Crippen LogP contribution in [0.1, 0.15) is 32.4 Å². The van der Waals surface area contributed by atoms with Crippen LogP contribution in [-0.2, 0) is 6.54 Å². The van der Waals surface area contributed by atoms with E-state index in [4.69, 9.17) is 4.98 Å². The lowest BCUT2D eigenvalue weighted by molar-refractivity contribution is 0.657. The Morgan fingerprint density at radius 1 is 1.42 bits per heavy atom. The molecule has 1 aliphatic rings. The van der Waals surface area contributed by atoms with Gasteiger partial charge >= 0.3 is 0 Å². The molecule has 0 saturated carbocycles. The summed E-state index contributed by atoms with van der Waals surface area (Å²) in [4.78, 5) is 11.4. The smallest absolute Gasteiger partial charge is 0.147 e. The van der Waals surface area contributed by atoms with Gasteiger partial charge in [0.2, 0.25) is 0 Å². The fourth-order valence-corrected chi connectivity index (χ4v) is 3.38. The third-order valence-corrected chi connectivity index (χ3v) is 4.69. The van der Waals surface area contributed by atoms with Crippen molar-refractivity contribution >= 4 is 17.6 Å². The zero-order valence-electron chi connectivity index (χ0n) is 11.9. The Kier molecular flexibility index (Phi) is 5.92. The van der Waals surface area contributed by atoms with E-state index in [-0.39, 0.29) is 0 Å². The van der Waals surface area contributed by atoms with Gasteiger partial charge in [-0.2, -0.15) is 11.8 Å². The first-order valence-electron chi connectivity index (χ1n) is 7.21. The average molecular weight is 280 g/mol. The summed E-state index contributed by atoms with van der Waals surface area (Å²) in [6.45, 7) is 8.46. The lowest BCUT2D eigenvalue weighted by Gasteiger charge is -2.32. The van der Waals surface area contributed by atoms with Gasteiger partial charge in [-0.15, -0.1) is 0 Å². The molecule has 106 valence electrons. The Morgan fingerprint density at radius 2 is 2.32 bits per heavy atom. The van der Waals surface area contributed by atoms with Crippen molar-refractivity contribution in [1.82, 2.24) is 15.3 Å². The predicted octanol–water partition coefficient (Wildman–Crippen LogP) is 2.31. The molecule has 1 N–H and O–H groups in total. The van der Waals surface area contributed by atoms with Crippen LogP contribution >= 0.6 is 11.8 Å². The van der Waals surface area contributed by atoms with E-state index in [1.54, 1.807) is 0 Å². The predicted molar refractivity (Wildman–Crippen MR) is 82.8 cm³/mol. The number of hydrogen-bond donors (Lipinski definition) is 1. The summed E-state index contributed by atoms with van der Waals surface area (Å²) in [5.74, 6) is 2.23. The fraction of sp³-hybridized carbons (Fsp3) is 0.714. The third kappa shape index (κ3) is 4.35. The lowest BCUT2D eigenvalue weighted by Crippen LogP contribution is -2.38. The summed E-state index contributed by atoms with van der Waals surface area (Å²) < 4.78 is 0. The van der Waals surface area contributed by atoms with Crippen molar-refractivity contribution in [2.45, 2.75) is 38.5 Å². The normalized spacial score (nSPS) is 19.7. The van der Waals surface area contributed by atoms with Crippen molar-refractivity contribution < 1.29 is 0 Å². The summed E-state index contributed by atoms with van der Waals surface area (Å²) in [7, 11) is 0. The molecule has 1 aromatic rings. The molecule has 0 bridgehead atoms. The number of nitrogens with one attached hydrogen (secondary N) is 1. The van der Waals surface area contributed by atoms with Crippen LogP contribution in [0.25, 0.3) is 0 Å². The van der Waals surface area contributed by atoms with Gasteiger partial charge < -0.3 is 10.2 Å². The van der Waals surface area contributed by atoms with Crippen molar-refractivity contribution in [2.75, 3.05) is 30.3 Å². The third-order valence-electron chi connectivity index (χ3n) is 3.32. The number of thioether (sulfide) groups is 1. The first-order valence-corrected chi connectivity index (χ1v) is 8.26. The van der Waals surface area contributed by atoms with Crippen LogP contribution in [0.5, 0.6) is 0 Å². The Labute approximate surface area is 120 Å². The first kappa shape index (κ1) is 14.6. The van der Waals surface area contributed by atoms with E-state index in [0.717, 1.165) is 49.4 Å². The van der Waals surface area contributed by atoms with Crippen LogP contribution in [0.4, 0.5) is 5.82 Å². The molecule has 0 amide bonds. The van der Waals surface area contributed by atoms with Gasteiger partial charge in [0.05, 0.1) is 11.9 Å². The Hall–Kier alpha value is -0.810. The van der Waals surface area contributed by atoms with Gasteiger partial charge in [0.1, 0.15) is 5.82 Å².